The molecule has 0 atom stereocenters. The van der Waals surface area contributed by atoms with E-state index in [1.807, 2.05) is 24.3 Å². The van der Waals surface area contributed by atoms with Crippen molar-refractivity contribution in [2.45, 2.75) is 6.61 Å². The molecule has 0 radical (unpaired) electrons. The molecule has 7 nitrogen and oxygen atoms in total. The van der Waals surface area contributed by atoms with Gasteiger partial charge in [-0.05, 0) is 18.2 Å². The van der Waals surface area contributed by atoms with E-state index in [-0.39, 0.29) is 18.1 Å². The van der Waals surface area contributed by atoms with Crippen molar-refractivity contribution in [3.63, 3.8) is 0 Å². The van der Waals surface area contributed by atoms with Crippen LogP contribution in [0.25, 0.3) is 10.8 Å². The van der Waals surface area contributed by atoms with Crippen molar-refractivity contribution in [1.29, 1.82) is 0 Å². The average molecular weight is 310 g/mol. The number of benzene rings is 2. The molecule has 7 heteroatoms. The molecule has 3 aromatic rings. The molecule has 0 saturated carbocycles. The number of anilines is 2. The second-order valence-electron chi connectivity index (χ2n) is 4.95. The van der Waals surface area contributed by atoms with E-state index in [0.717, 1.165) is 10.8 Å². The van der Waals surface area contributed by atoms with E-state index in [9.17, 15) is 10.1 Å². The molecule has 0 aliphatic rings. The summed E-state index contributed by atoms with van der Waals surface area (Å²) in [6, 6.07) is 12.5. The largest absolute Gasteiger partial charge is 0.488 e. The highest BCUT2D eigenvalue weighted by atomic mass is 16.6. The van der Waals surface area contributed by atoms with E-state index in [4.69, 9.17) is 16.2 Å². The summed E-state index contributed by atoms with van der Waals surface area (Å²) >= 11 is 0. The van der Waals surface area contributed by atoms with Gasteiger partial charge in [0.25, 0.3) is 0 Å². The standard InChI is InChI=1S/C16H14N4O3/c17-13-5-6-14(12-4-2-1-3-11(12)13)23-9-10-7-8-19-16(18)15(10)20(21)22/h1-8H,9,17H2,(H2,18,19). The second kappa shape index (κ2) is 5.80. The van der Waals surface area contributed by atoms with Crippen LogP contribution in [-0.2, 0) is 6.61 Å². The summed E-state index contributed by atoms with van der Waals surface area (Å²) in [6.45, 7) is 0.0109. The molecule has 0 amide bonds. The minimum absolute atomic E-state index is 0.0109. The Bertz CT molecular complexity index is 896. The van der Waals surface area contributed by atoms with Gasteiger partial charge in [-0.2, -0.15) is 0 Å². The number of nitrogens with two attached hydrogens (primary N) is 2. The first-order chi connectivity index (χ1) is 11.1. The smallest absolute Gasteiger partial charge is 0.317 e. The lowest BCUT2D eigenvalue weighted by Gasteiger charge is -2.11. The molecule has 116 valence electrons. The Morgan fingerprint density at radius 2 is 1.83 bits per heavy atom. The van der Waals surface area contributed by atoms with Crippen molar-refractivity contribution in [1.82, 2.24) is 4.98 Å². The van der Waals surface area contributed by atoms with Crippen LogP contribution in [0.5, 0.6) is 5.75 Å². The number of ether oxygens (including phenoxy) is 1. The third-order valence-electron chi connectivity index (χ3n) is 3.52. The van der Waals surface area contributed by atoms with Crippen LogP contribution >= 0.6 is 0 Å². The number of fused-ring (bicyclic) bond motifs is 1. The highest BCUT2D eigenvalue weighted by Crippen LogP contribution is 2.31. The Morgan fingerprint density at radius 3 is 2.57 bits per heavy atom. The third-order valence-corrected chi connectivity index (χ3v) is 3.52. The van der Waals surface area contributed by atoms with Gasteiger partial charge in [-0.1, -0.05) is 24.3 Å². The first kappa shape index (κ1) is 14.6. The maximum Gasteiger partial charge on any atom is 0.317 e. The summed E-state index contributed by atoms with van der Waals surface area (Å²) in [4.78, 5) is 14.3. The molecule has 0 fully saturated rings. The SMILES string of the molecule is Nc1nccc(COc2ccc(N)c3ccccc23)c1[N+](=O)[O-]. The van der Waals surface area contributed by atoms with Gasteiger partial charge < -0.3 is 16.2 Å². The van der Waals surface area contributed by atoms with Crippen molar-refractivity contribution in [3.8, 4) is 5.75 Å². The highest BCUT2D eigenvalue weighted by molar-refractivity contribution is 5.96. The van der Waals surface area contributed by atoms with E-state index >= 15 is 0 Å². The summed E-state index contributed by atoms with van der Waals surface area (Å²) in [6.07, 6.45) is 1.42. The molecular weight excluding hydrogens is 296 g/mol. The van der Waals surface area contributed by atoms with E-state index < -0.39 is 4.92 Å². The lowest BCUT2D eigenvalue weighted by Crippen LogP contribution is -2.05. The second-order valence-corrected chi connectivity index (χ2v) is 4.95. The zero-order valence-electron chi connectivity index (χ0n) is 12.1. The highest BCUT2D eigenvalue weighted by Gasteiger charge is 2.19. The van der Waals surface area contributed by atoms with Crippen LogP contribution in [0.15, 0.2) is 48.7 Å². The number of rotatable bonds is 4. The zero-order chi connectivity index (χ0) is 16.4. The molecule has 0 saturated heterocycles. The van der Waals surface area contributed by atoms with E-state index in [1.54, 1.807) is 12.1 Å². The van der Waals surface area contributed by atoms with Crippen LogP contribution in [0.2, 0.25) is 0 Å². The molecule has 23 heavy (non-hydrogen) atoms. The normalized spacial score (nSPS) is 10.6. The Labute approximate surface area is 131 Å². The molecule has 0 aliphatic heterocycles. The molecule has 3 rings (SSSR count). The molecule has 0 bridgehead atoms. The molecule has 1 aromatic heterocycles. The lowest BCUT2D eigenvalue weighted by molar-refractivity contribution is -0.385. The molecule has 4 N–H and O–H groups in total. The van der Waals surface area contributed by atoms with E-state index in [0.29, 0.717) is 17.0 Å². The predicted octanol–water partition coefficient (Wildman–Crippen LogP) is 2.89. The van der Waals surface area contributed by atoms with Crippen LogP contribution in [0.4, 0.5) is 17.2 Å². The van der Waals surface area contributed by atoms with Gasteiger partial charge in [-0.15, -0.1) is 0 Å². The lowest BCUT2D eigenvalue weighted by atomic mass is 10.1. The van der Waals surface area contributed by atoms with Crippen molar-refractivity contribution in [3.05, 3.63) is 64.3 Å². The summed E-state index contributed by atoms with van der Waals surface area (Å²) in [7, 11) is 0. The van der Waals surface area contributed by atoms with Gasteiger partial charge in [0.15, 0.2) is 0 Å². The van der Waals surface area contributed by atoms with Gasteiger partial charge in [0.1, 0.15) is 12.4 Å². The fourth-order valence-electron chi connectivity index (χ4n) is 2.42. The summed E-state index contributed by atoms with van der Waals surface area (Å²) < 4.78 is 5.76. The van der Waals surface area contributed by atoms with E-state index in [2.05, 4.69) is 4.98 Å². The molecule has 0 aliphatic carbocycles. The summed E-state index contributed by atoms with van der Waals surface area (Å²) in [5, 5.41) is 12.8. The first-order valence-electron chi connectivity index (χ1n) is 6.85. The van der Waals surface area contributed by atoms with Crippen molar-refractivity contribution < 1.29 is 9.66 Å². The maximum atomic E-state index is 11.1. The topological polar surface area (TPSA) is 117 Å². The molecular formula is C16H14N4O3. The third kappa shape index (κ3) is 2.71. The van der Waals surface area contributed by atoms with Gasteiger partial charge in [0, 0.05) is 22.7 Å². The summed E-state index contributed by atoms with van der Waals surface area (Å²) in [5.41, 5.74) is 12.3. The first-order valence-corrected chi connectivity index (χ1v) is 6.85. The number of hydrogen-bond donors (Lipinski definition) is 2. The fourth-order valence-corrected chi connectivity index (χ4v) is 2.42. The predicted molar refractivity (Wildman–Crippen MR) is 88.0 cm³/mol. The van der Waals surface area contributed by atoms with Crippen LogP contribution in [0, 0.1) is 10.1 Å². The molecule has 0 spiro atoms. The quantitative estimate of drug-likeness (QED) is 0.434. The summed E-state index contributed by atoms with van der Waals surface area (Å²) in [5.74, 6) is 0.470. The van der Waals surface area contributed by atoms with Gasteiger partial charge in [-0.25, -0.2) is 4.98 Å². The van der Waals surface area contributed by atoms with Gasteiger partial charge in [0.05, 0.1) is 10.5 Å². The molecule has 1 heterocycles. The van der Waals surface area contributed by atoms with Gasteiger partial charge in [-0.3, -0.25) is 10.1 Å². The fraction of sp³-hybridized carbons (Fsp3) is 0.0625. The molecule has 2 aromatic carbocycles. The van der Waals surface area contributed by atoms with Gasteiger partial charge >= 0.3 is 5.69 Å². The van der Waals surface area contributed by atoms with Crippen molar-refractivity contribution in [2.75, 3.05) is 11.5 Å². The zero-order valence-corrected chi connectivity index (χ0v) is 12.1. The van der Waals surface area contributed by atoms with E-state index in [1.165, 1.54) is 12.3 Å². The number of pyridine rings is 1. The number of nitrogen functional groups attached to an aromatic ring is 2. The van der Waals surface area contributed by atoms with Crippen molar-refractivity contribution in [2.24, 2.45) is 0 Å². The maximum absolute atomic E-state index is 11.1. The van der Waals surface area contributed by atoms with Crippen LogP contribution in [0.1, 0.15) is 5.56 Å². The van der Waals surface area contributed by atoms with Crippen LogP contribution in [0.3, 0.4) is 0 Å². The number of aromatic nitrogens is 1. The monoisotopic (exact) mass is 310 g/mol. The van der Waals surface area contributed by atoms with Crippen LogP contribution < -0.4 is 16.2 Å². The average Bonchev–Trinajstić information content (AvgIpc) is 2.54. The van der Waals surface area contributed by atoms with Crippen LogP contribution in [-0.4, -0.2) is 9.91 Å². The minimum atomic E-state index is -0.553. The van der Waals surface area contributed by atoms with Crippen molar-refractivity contribution >= 4 is 28.0 Å². The number of nitrogens with zero attached hydrogens (tertiary/aromatic N) is 2. The van der Waals surface area contributed by atoms with Gasteiger partial charge in [0.2, 0.25) is 5.82 Å². The Balaban J connectivity index is 1.95. The molecule has 0 unspecified atom stereocenters. The Kier molecular flexibility index (Phi) is 3.68. The number of nitro groups is 1. The minimum Gasteiger partial charge on any atom is -0.488 e. The Hall–Kier alpha value is -3.35. The Morgan fingerprint density at radius 1 is 1.09 bits per heavy atom. The number of hydrogen-bond acceptors (Lipinski definition) is 6.